The first kappa shape index (κ1) is 20.6. The van der Waals surface area contributed by atoms with Crippen LogP contribution in [-0.2, 0) is 6.42 Å². The van der Waals surface area contributed by atoms with Gasteiger partial charge < -0.3 is 0 Å². The van der Waals surface area contributed by atoms with E-state index in [-0.39, 0.29) is 6.42 Å². The minimum atomic E-state index is 0.114. The SMILES string of the molecule is N#CCc1ccnc(-c2c(Cl)cc(Cl)cc2Cl)c1-c1c(Cl)cc(Cl)cc1Cl. The van der Waals surface area contributed by atoms with Gasteiger partial charge in [-0.2, -0.15) is 5.26 Å². The lowest BCUT2D eigenvalue weighted by Gasteiger charge is -2.17. The summed E-state index contributed by atoms with van der Waals surface area (Å²) in [5, 5.41) is 11.3. The molecule has 0 N–H and O–H groups in total. The van der Waals surface area contributed by atoms with Crippen LogP contribution in [0.2, 0.25) is 30.1 Å². The topological polar surface area (TPSA) is 36.7 Å². The predicted molar refractivity (Wildman–Crippen MR) is 114 cm³/mol. The fourth-order valence-electron chi connectivity index (χ4n) is 2.75. The summed E-state index contributed by atoms with van der Waals surface area (Å²) in [5.41, 5.74) is 2.66. The quantitative estimate of drug-likeness (QED) is 0.380. The molecule has 8 heteroatoms. The van der Waals surface area contributed by atoms with Crippen LogP contribution in [0.1, 0.15) is 5.56 Å². The van der Waals surface area contributed by atoms with E-state index in [1.54, 1.807) is 36.5 Å². The average Bonchev–Trinajstić information content (AvgIpc) is 2.55. The van der Waals surface area contributed by atoms with Crippen molar-refractivity contribution in [2.75, 3.05) is 0 Å². The molecule has 0 aliphatic heterocycles. The van der Waals surface area contributed by atoms with E-state index in [4.69, 9.17) is 69.6 Å². The highest BCUT2D eigenvalue weighted by Crippen LogP contribution is 2.46. The van der Waals surface area contributed by atoms with Gasteiger partial charge in [-0.1, -0.05) is 69.6 Å². The number of hydrogen-bond acceptors (Lipinski definition) is 2. The summed E-state index contributed by atoms with van der Waals surface area (Å²) in [5.74, 6) is 0. The number of halogens is 6. The van der Waals surface area contributed by atoms with Crippen LogP contribution in [0, 0.1) is 11.3 Å². The second-order valence-corrected chi connectivity index (χ2v) is 8.02. The van der Waals surface area contributed by atoms with Crippen molar-refractivity contribution in [3.8, 4) is 28.5 Å². The van der Waals surface area contributed by atoms with Crippen LogP contribution in [0.3, 0.4) is 0 Å². The van der Waals surface area contributed by atoms with Crippen molar-refractivity contribution in [2.24, 2.45) is 0 Å². The molecule has 0 spiro atoms. The van der Waals surface area contributed by atoms with E-state index in [9.17, 15) is 5.26 Å². The predicted octanol–water partition coefficient (Wildman–Crippen LogP) is 8.40. The number of benzene rings is 2. The standard InChI is InChI=1S/C19H8Cl6N2/c20-10-5-12(22)17(13(23)6-10)16-9(1-3-26)2-4-27-19(16)18-14(24)7-11(21)8-15(18)25/h2,4-8H,1H2. The third-order valence-corrected chi connectivity index (χ3v) is 5.44. The number of aromatic nitrogens is 1. The normalized spacial score (nSPS) is 10.7. The van der Waals surface area contributed by atoms with Gasteiger partial charge in [-0.05, 0) is 35.9 Å². The lowest BCUT2D eigenvalue weighted by atomic mass is 9.93. The van der Waals surface area contributed by atoms with Gasteiger partial charge >= 0.3 is 0 Å². The molecule has 0 amide bonds. The van der Waals surface area contributed by atoms with Gasteiger partial charge in [-0.25, -0.2) is 0 Å². The van der Waals surface area contributed by atoms with Crippen LogP contribution < -0.4 is 0 Å². The van der Waals surface area contributed by atoms with E-state index >= 15 is 0 Å². The molecule has 136 valence electrons. The Kier molecular flexibility index (Phi) is 6.43. The Balaban J connectivity index is 2.43. The molecular weight excluding hydrogens is 469 g/mol. The van der Waals surface area contributed by atoms with Crippen molar-refractivity contribution >= 4 is 69.6 Å². The zero-order valence-corrected chi connectivity index (χ0v) is 17.9. The van der Waals surface area contributed by atoms with Gasteiger partial charge in [0.1, 0.15) is 0 Å². The van der Waals surface area contributed by atoms with E-state index in [0.717, 1.165) is 0 Å². The lowest BCUT2D eigenvalue weighted by Crippen LogP contribution is -1.98. The van der Waals surface area contributed by atoms with Crippen molar-refractivity contribution in [2.45, 2.75) is 6.42 Å². The third kappa shape index (κ3) is 4.15. The molecule has 0 fully saturated rings. The Morgan fingerprint density at radius 1 is 0.741 bits per heavy atom. The van der Waals surface area contributed by atoms with Gasteiger partial charge in [0.2, 0.25) is 0 Å². The number of nitrogens with zero attached hydrogens (tertiary/aromatic N) is 2. The van der Waals surface area contributed by atoms with E-state index in [2.05, 4.69) is 11.1 Å². The van der Waals surface area contributed by atoms with Gasteiger partial charge in [-0.3, -0.25) is 4.98 Å². The summed E-state index contributed by atoms with van der Waals surface area (Å²) in [7, 11) is 0. The van der Waals surface area contributed by atoms with Gasteiger partial charge in [0.25, 0.3) is 0 Å². The van der Waals surface area contributed by atoms with Crippen LogP contribution in [0.4, 0.5) is 0 Å². The molecule has 0 radical (unpaired) electrons. The van der Waals surface area contributed by atoms with Crippen LogP contribution in [-0.4, -0.2) is 4.98 Å². The molecule has 2 nitrogen and oxygen atoms in total. The monoisotopic (exact) mass is 474 g/mol. The molecule has 3 rings (SSSR count). The number of rotatable bonds is 3. The zero-order chi connectivity index (χ0) is 19.7. The Labute approximate surface area is 186 Å². The second kappa shape index (κ2) is 8.45. The highest BCUT2D eigenvalue weighted by molar-refractivity contribution is 6.43. The molecular formula is C19H8Cl6N2. The molecule has 0 unspecified atom stereocenters. The van der Waals surface area contributed by atoms with Crippen molar-refractivity contribution in [3.05, 3.63) is 72.2 Å². The molecule has 3 aromatic rings. The largest absolute Gasteiger partial charge is 0.255 e. The smallest absolute Gasteiger partial charge is 0.0814 e. The molecule has 0 bridgehead atoms. The minimum Gasteiger partial charge on any atom is -0.255 e. The Morgan fingerprint density at radius 3 is 1.70 bits per heavy atom. The molecule has 0 aliphatic rings. The van der Waals surface area contributed by atoms with E-state index in [1.807, 2.05) is 0 Å². The molecule has 0 aliphatic carbocycles. The van der Waals surface area contributed by atoms with Gasteiger partial charge in [0.15, 0.2) is 0 Å². The summed E-state index contributed by atoms with van der Waals surface area (Å²) in [6.07, 6.45) is 1.69. The number of hydrogen-bond donors (Lipinski definition) is 0. The van der Waals surface area contributed by atoms with Crippen molar-refractivity contribution in [1.29, 1.82) is 5.26 Å². The molecule has 2 aromatic carbocycles. The molecule has 1 heterocycles. The summed E-state index contributed by atoms with van der Waals surface area (Å²) < 4.78 is 0. The lowest BCUT2D eigenvalue weighted by molar-refractivity contribution is 1.22. The van der Waals surface area contributed by atoms with Crippen LogP contribution in [0.5, 0.6) is 0 Å². The summed E-state index contributed by atoms with van der Waals surface area (Å²) >= 11 is 37.7. The van der Waals surface area contributed by atoms with Gasteiger partial charge in [0, 0.05) is 32.9 Å². The first-order valence-corrected chi connectivity index (χ1v) is 9.75. The fourth-order valence-corrected chi connectivity index (χ4v) is 4.75. The first-order valence-electron chi connectivity index (χ1n) is 7.48. The fraction of sp³-hybridized carbons (Fsp3) is 0.0526. The Bertz CT molecular complexity index is 1040. The second-order valence-electron chi connectivity index (χ2n) is 5.52. The molecule has 0 atom stereocenters. The number of nitriles is 1. The maximum atomic E-state index is 9.25. The minimum absolute atomic E-state index is 0.114. The van der Waals surface area contributed by atoms with Crippen LogP contribution in [0.25, 0.3) is 22.4 Å². The average molecular weight is 477 g/mol. The van der Waals surface area contributed by atoms with Crippen LogP contribution in [0.15, 0.2) is 36.5 Å². The van der Waals surface area contributed by atoms with Crippen LogP contribution >= 0.6 is 69.6 Å². The highest BCUT2D eigenvalue weighted by atomic mass is 35.5. The van der Waals surface area contributed by atoms with Crippen molar-refractivity contribution in [3.63, 3.8) is 0 Å². The summed E-state index contributed by atoms with van der Waals surface area (Å²) in [6.45, 7) is 0. The Hall–Kier alpha value is -1.18. The van der Waals surface area contributed by atoms with Crippen molar-refractivity contribution in [1.82, 2.24) is 4.98 Å². The molecule has 0 saturated carbocycles. The van der Waals surface area contributed by atoms with Gasteiger partial charge in [-0.15, -0.1) is 0 Å². The van der Waals surface area contributed by atoms with Gasteiger partial charge in [0.05, 0.1) is 38.3 Å². The van der Waals surface area contributed by atoms with E-state index in [1.165, 1.54) is 0 Å². The third-order valence-electron chi connectivity index (χ3n) is 3.81. The Morgan fingerprint density at radius 2 is 1.22 bits per heavy atom. The molecule has 27 heavy (non-hydrogen) atoms. The van der Waals surface area contributed by atoms with E-state index in [0.29, 0.717) is 58.1 Å². The first-order chi connectivity index (χ1) is 12.8. The zero-order valence-electron chi connectivity index (χ0n) is 13.3. The van der Waals surface area contributed by atoms with Crippen molar-refractivity contribution < 1.29 is 0 Å². The highest BCUT2D eigenvalue weighted by Gasteiger charge is 2.23. The maximum Gasteiger partial charge on any atom is 0.0814 e. The van der Waals surface area contributed by atoms with E-state index < -0.39 is 0 Å². The summed E-state index contributed by atoms with van der Waals surface area (Å²) in [6, 6.07) is 10.1. The maximum absolute atomic E-state index is 9.25. The number of pyridine rings is 1. The molecule has 1 aromatic heterocycles. The molecule has 0 saturated heterocycles. The summed E-state index contributed by atoms with van der Waals surface area (Å²) in [4.78, 5) is 4.45.